The molecule has 6 heteroatoms. The Bertz CT molecular complexity index is 1120. The average molecular weight is 414 g/mol. The van der Waals surface area contributed by atoms with Crippen molar-refractivity contribution in [1.29, 1.82) is 0 Å². The molecule has 158 valence electrons. The number of methoxy groups -OCH3 is 1. The first kappa shape index (κ1) is 19.5. The number of benzene rings is 2. The van der Waals surface area contributed by atoms with Gasteiger partial charge in [-0.3, -0.25) is 0 Å². The highest BCUT2D eigenvalue weighted by molar-refractivity contribution is 5.80. The van der Waals surface area contributed by atoms with Crippen LogP contribution in [0.15, 0.2) is 53.6 Å². The fraction of sp³-hybridized carbons (Fsp3) is 0.320. The van der Waals surface area contributed by atoms with E-state index in [-0.39, 0.29) is 5.41 Å². The van der Waals surface area contributed by atoms with Crippen LogP contribution in [0.4, 0.5) is 11.8 Å². The molecule has 0 unspecified atom stereocenters. The summed E-state index contributed by atoms with van der Waals surface area (Å²) in [7, 11) is 1.65. The largest absolute Gasteiger partial charge is 0.497 e. The van der Waals surface area contributed by atoms with E-state index in [1.807, 2.05) is 24.3 Å². The lowest BCUT2D eigenvalue weighted by Crippen LogP contribution is -2.36. The molecule has 0 radical (unpaired) electrons. The quantitative estimate of drug-likeness (QED) is 0.467. The SMILES string of the molecule is COc1ccc(/C=N/Nc2nc(N)c3c(n2)-c2ccccc2CC32CCCCC2)cc1. The van der Waals surface area contributed by atoms with Crippen LogP contribution in [0, 0.1) is 0 Å². The van der Waals surface area contributed by atoms with Crippen LogP contribution >= 0.6 is 0 Å². The smallest absolute Gasteiger partial charge is 0.246 e. The monoisotopic (exact) mass is 413 g/mol. The fourth-order valence-electron chi connectivity index (χ4n) is 5.11. The zero-order valence-corrected chi connectivity index (χ0v) is 17.8. The predicted molar refractivity (Wildman–Crippen MR) is 125 cm³/mol. The van der Waals surface area contributed by atoms with Gasteiger partial charge in [-0.1, -0.05) is 43.5 Å². The summed E-state index contributed by atoms with van der Waals surface area (Å²) in [6.07, 6.45) is 8.79. The maximum absolute atomic E-state index is 6.56. The van der Waals surface area contributed by atoms with Crippen LogP contribution in [0.1, 0.15) is 48.8 Å². The zero-order valence-electron chi connectivity index (χ0n) is 17.8. The van der Waals surface area contributed by atoms with Crippen molar-refractivity contribution in [1.82, 2.24) is 9.97 Å². The Hall–Kier alpha value is -3.41. The van der Waals surface area contributed by atoms with E-state index in [4.69, 9.17) is 15.5 Å². The van der Waals surface area contributed by atoms with Crippen molar-refractivity contribution in [2.24, 2.45) is 5.10 Å². The lowest BCUT2D eigenvalue weighted by Gasteiger charge is -2.42. The van der Waals surface area contributed by atoms with Gasteiger partial charge in [-0.25, -0.2) is 10.4 Å². The summed E-state index contributed by atoms with van der Waals surface area (Å²) in [5, 5.41) is 4.32. The van der Waals surface area contributed by atoms with Crippen LogP contribution < -0.4 is 15.9 Å². The van der Waals surface area contributed by atoms with Crippen molar-refractivity contribution in [3.05, 3.63) is 65.2 Å². The normalized spacial score (nSPS) is 16.7. The number of hydrogen-bond donors (Lipinski definition) is 2. The second kappa shape index (κ2) is 8.02. The van der Waals surface area contributed by atoms with Gasteiger partial charge in [0, 0.05) is 16.5 Å². The predicted octanol–water partition coefficient (Wildman–Crippen LogP) is 4.94. The molecule has 1 fully saturated rings. The first-order chi connectivity index (χ1) is 15.2. The molecule has 5 rings (SSSR count). The van der Waals surface area contributed by atoms with Gasteiger partial charge < -0.3 is 10.5 Å². The molecule has 2 aromatic carbocycles. The number of nitrogens with zero attached hydrogens (tertiary/aromatic N) is 3. The van der Waals surface area contributed by atoms with E-state index in [0.29, 0.717) is 11.8 Å². The highest BCUT2D eigenvalue weighted by Crippen LogP contribution is 2.51. The van der Waals surface area contributed by atoms with E-state index in [1.165, 1.54) is 24.8 Å². The Kier molecular flexibility index (Phi) is 5.06. The number of hydrogen-bond acceptors (Lipinski definition) is 6. The van der Waals surface area contributed by atoms with Crippen LogP contribution in [-0.4, -0.2) is 23.3 Å². The molecule has 3 N–H and O–H groups in total. The number of nitrogens with two attached hydrogens (primary N) is 1. The molecule has 1 aromatic heterocycles. The molecule has 2 aliphatic rings. The molecule has 0 atom stereocenters. The number of anilines is 2. The molecule has 0 bridgehead atoms. The minimum absolute atomic E-state index is 0.0525. The molecule has 6 nitrogen and oxygen atoms in total. The summed E-state index contributed by atoms with van der Waals surface area (Å²) in [6, 6.07) is 16.2. The molecular formula is C25H27N5O. The average Bonchev–Trinajstić information content (AvgIpc) is 2.80. The van der Waals surface area contributed by atoms with Crippen molar-refractivity contribution in [3.63, 3.8) is 0 Å². The van der Waals surface area contributed by atoms with Gasteiger partial charge >= 0.3 is 0 Å². The topological polar surface area (TPSA) is 85.4 Å². The summed E-state index contributed by atoms with van der Waals surface area (Å²) >= 11 is 0. The fourth-order valence-corrected chi connectivity index (χ4v) is 5.11. The molecule has 2 aliphatic carbocycles. The highest BCUT2D eigenvalue weighted by Gasteiger charge is 2.42. The molecule has 3 aromatic rings. The summed E-state index contributed by atoms with van der Waals surface area (Å²) in [5.41, 5.74) is 15.1. The Morgan fingerprint density at radius 2 is 1.81 bits per heavy atom. The second-order valence-electron chi connectivity index (χ2n) is 8.47. The number of rotatable bonds is 4. The molecular weight excluding hydrogens is 386 g/mol. The third-order valence-electron chi connectivity index (χ3n) is 6.57. The Balaban J connectivity index is 1.49. The number of hydrazone groups is 1. The molecule has 1 saturated carbocycles. The summed E-state index contributed by atoms with van der Waals surface area (Å²) in [5.74, 6) is 1.80. The second-order valence-corrected chi connectivity index (χ2v) is 8.47. The van der Waals surface area contributed by atoms with Crippen LogP contribution in [-0.2, 0) is 11.8 Å². The van der Waals surface area contributed by atoms with Gasteiger partial charge in [0.1, 0.15) is 11.6 Å². The lowest BCUT2D eigenvalue weighted by atomic mass is 9.62. The standard InChI is InChI=1S/C25H27N5O/c1-31-19-11-9-17(10-12-19)16-27-30-24-28-22-20-8-4-3-7-18(20)15-25(13-5-2-6-14-25)21(22)23(26)29-24/h3-4,7-12,16H,2,5-6,13-15H2,1H3,(H3,26,28,29,30)/b27-16+. The van der Waals surface area contributed by atoms with E-state index in [1.54, 1.807) is 13.3 Å². The first-order valence-electron chi connectivity index (χ1n) is 10.9. The minimum atomic E-state index is 0.0525. The van der Waals surface area contributed by atoms with Crippen LogP contribution in [0.5, 0.6) is 5.75 Å². The van der Waals surface area contributed by atoms with E-state index < -0.39 is 0 Å². The third kappa shape index (κ3) is 3.63. The van der Waals surface area contributed by atoms with Gasteiger partial charge in [-0.2, -0.15) is 10.1 Å². The number of fused-ring (bicyclic) bond motifs is 4. The van der Waals surface area contributed by atoms with Crippen molar-refractivity contribution in [3.8, 4) is 17.0 Å². The van der Waals surface area contributed by atoms with Crippen LogP contribution in [0.2, 0.25) is 0 Å². The maximum Gasteiger partial charge on any atom is 0.246 e. The summed E-state index contributed by atoms with van der Waals surface area (Å²) < 4.78 is 5.19. The number of aromatic nitrogens is 2. The van der Waals surface area contributed by atoms with Gasteiger partial charge in [-0.05, 0) is 54.7 Å². The van der Waals surface area contributed by atoms with Crippen LogP contribution in [0.3, 0.4) is 0 Å². The van der Waals surface area contributed by atoms with Gasteiger partial charge in [0.15, 0.2) is 0 Å². The van der Waals surface area contributed by atoms with Crippen molar-refractivity contribution >= 4 is 18.0 Å². The van der Waals surface area contributed by atoms with E-state index in [2.05, 4.69) is 39.8 Å². The first-order valence-corrected chi connectivity index (χ1v) is 10.9. The van der Waals surface area contributed by atoms with Crippen LogP contribution in [0.25, 0.3) is 11.3 Å². The minimum Gasteiger partial charge on any atom is -0.497 e. The molecule has 0 aliphatic heterocycles. The van der Waals surface area contributed by atoms with E-state index >= 15 is 0 Å². The molecule has 31 heavy (non-hydrogen) atoms. The van der Waals surface area contributed by atoms with Gasteiger partial charge in [-0.15, -0.1) is 0 Å². The maximum atomic E-state index is 6.56. The Labute approximate surface area is 182 Å². The lowest BCUT2D eigenvalue weighted by molar-refractivity contribution is 0.288. The number of nitrogen functional groups attached to an aromatic ring is 1. The van der Waals surface area contributed by atoms with Crippen molar-refractivity contribution in [2.45, 2.75) is 43.9 Å². The molecule has 1 spiro atoms. The van der Waals surface area contributed by atoms with Gasteiger partial charge in [0.2, 0.25) is 5.95 Å². The Morgan fingerprint density at radius 1 is 1.03 bits per heavy atom. The van der Waals surface area contributed by atoms with Crippen molar-refractivity contribution in [2.75, 3.05) is 18.3 Å². The van der Waals surface area contributed by atoms with Gasteiger partial charge in [0.25, 0.3) is 0 Å². The van der Waals surface area contributed by atoms with E-state index in [0.717, 1.165) is 47.4 Å². The number of ether oxygens (including phenoxy) is 1. The summed E-state index contributed by atoms with van der Waals surface area (Å²) in [6.45, 7) is 0. The zero-order chi connectivity index (χ0) is 21.3. The molecule has 1 heterocycles. The summed E-state index contributed by atoms with van der Waals surface area (Å²) in [4.78, 5) is 9.48. The third-order valence-corrected chi connectivity index (χ3v) is 6.57. The Morgan fingerprint density at radius 3 is 2.58 bits per heavy atom. The molecule has 0 amide bonds. The highest BCUT2D eigenvalue weighted by atomic mass is 16.5. The van der Waals surface area contributed by atoms with Gasteiger partial charge in [0.05, 0.1) is 19.0 Å². The van der Waals surface area contributed by atoms with E-state index in [9.17, 15) is 0 Å². The number of nitrogens with one attached hydrogen (secondary N) is 1. The van der Waals surface area contributed by atoms with Crippen molar-refractivity contribution < 1.29 is 4.74 Å². The molecule has 0 saturated heterocycles.